The molecule has 18 heavy (non-hydrogen) atoms. The fourth-order valence-electron chi connectivity index (χ4n) is 1.48. The van der Waals surface area contributed by atoms with Gasteiger partial charge in [0.05, 0.1) is 6.21 Å². The van der Waals surface area contributed by atoms with Crippen molar-refractivity contribution in [3.63, 3.8) is 0 Å². The maximum absolute atomic E-state index is 6.03. The Labute approximate surface area is 110 Å². The first-order chi connectivity index (χ1) is 8.49. The standard InChI is InChI=1S/C15H24N2O/c1-6-15(3,7-2)18-14-10-8-13(9-11-14)12-16-17(4)5/h8-12H,6-7H2,1-5H3. The van der Waals surface area contributed by atoms with Gasteiger partial charge in [0.25, 0.3) is 0 Å². The van der Waals surface area contributed by atoms with Gasteiger partial charge in [-0.25, -0.2) is 0 Å². The van der Waals surface area contributed by atoms with Gasteiger partial charge >= 0.3 is 0 Å². The molecule has 0 atom stereocenters. The number of benzene rings is 1. The molecule has 0 spiro atoms. The molecule has 1 aromatic carbocycles. The van der Waals surface area contributed by atoms with E-state index in [0.29, 0.717) is 0 Å². The minimum Gasteiger partial charge on any atom is -0.488 e. The minimum absolute atomic E-state index is 0.0702. The van der Waals surface area contributed by atoms with Crippen LogP contribution in [-0.4, -0.2) is 30.9 Å². The zero-order valence-electron chi connectivity index (χ0n) is 12.1. The highest BCUT2D eigenvalue weighted by molar-refractivity contribution is 5.79. The molecule has 0 saturated carbocycles. The van der Waals surface area contributed by atoms with Gasteiger partial charge in [-0.1, -0.05) is 13.8 Å². The second kappa shape index (κ2) is 6.43. The lowest BCUT2D eigenvalue weighted by Crippen LogP contribution is -2.30. The summed E-state index contributed by atoms with van der Waals surface area (Å²) in [6, 6.07) is 8.04. The summed E-state index contributed by atoms with van der Waals surface area (Å²) in [7, 11) is 3.81. The number of hydrogen-bond donors (Lipinski definition) is 0. The number of ether oxygens (including phenoxy) is 1. The minimum atomic E-state index is -0.0702. The van der Waals surface area contributed by atoms with Crippen molar-refractivity contribution in [3.8, 4) is 5.75 Å². The van der Waals surface area contributed by atoms with Crippen LogP contribution in [0.1, 0.15) is 39.2 Å². The number of nitrogens with zero attached hydrogens (tertiary/aromatic N) is 2. The maximum atomic E-state index is 6.03. The second-order valence-corrected chi connectivity index (χ2v) is 4.92. The smallest absolute Gasteiger partial charge is 0.120 e. The average Bonchev–Trinajstić information content (AvgIpc) is 2.37. The van der Waals surface area contributed by atoms with Gasteiger partial charge in [0.2, 0.25) is 0 Å². The van der Waals surface area contributed by atoms with E-state index in [1.54, 1.807) is 5.01 Å². The molecule has 3 heteroatoms. The molecule has 3 nitrogen and oxygen atoms in total. The van der Waals surface area contributed by atoms with Crippen LogP contribution >= 0.6 is 0 Å². The van der Waals surface area contributed by atoms with E-state index in [-0.39, 0.29) is 5.60 Å². The van der Waals surface area contributed by atoms with Gasteiger partial charge in [-0.2, -0.15) is 5.10 Å². The summed E-state index contributed by atoms with van der Waals surface area (Å²) in [6.45, 7) is 6.46. The third-order valence-corrected chi connectivity index (χ3v) is 3.18. The largest absolute Gasteiger partial charge is 0.488 e. The predicted molar refractivity (Wildman–Crippen MR) is 77.3 cm³/mol. The van der Waals surface area contributed by atoms with E-state index in [2.05, 4.69) is 25.9 Å². The molecule has 0 unspecified atom stereocenters. The van der Waals surface area contributed by atoms with Crippen LogP contribution in [0.15, 0.2) is 29.4 Å². The summed E-state index contributed by atoms with van der Waals surface area (Å²) in [6.07, 6.45) is 3.85. The van der Waals surface area contributed by atoms with E-state index in [4.69, 9.17) is 4.74 Å². The molecule has 0 aliphatic heterocycles. The molecule has 0 bridgehead atoms. The predicted octanol–water partition coefficient (Wildman–Crippen LogP) is 3.54. The summed E-state index contributed by atoms with van der Waals surface area (Å²) >= 11 is 0. The van der Waals surface area contributed by atoms with Crippen molar-refractivity contribution in [1.29, 1.82) is 0 Å². The van der Waals surface area contributed by atoms with Crippen LogP contribution in [0.2, 0.25) is 0 Å². The van der Waals surface area contributed by atoms with Crippen molar-refractivity contribution in [2.24, 2.45) is 5.10 Å². The van der Waals surface area contributed by atoms with E-state index in [1.165, 1.54) is 0 Å². The monoisotopic (exact) mass is 248 g/mol. The average molecular weight is 248 g/mol. The van der Waals surface area contributed by atoms with Crippen molar-refractivity contribution in [2.45, 2.75) is 39.2 Å². The van der Waals surface area contributed by atoms with E-state index >= 15 is 0 Å². The van der Waals surface area contributed by atoms with Crippen LogP contribution < -0.4 is 4.74 Å². The lowest BCUT2D eigenvalue weighted by Gasteiger charge is -2.28. The van der Waals surface area contributed by atoms with Gasteiger partial charge in [0.1, 0.15) is 11.4 Å². The lowest BCUT2D eigenvalue weighted by atomic mass is 10.00. The first kappa shape index (κ1) is 14.6. The molecule has 0 radical (unpaired) electrons. The highest BCUT2D eigenvalue weighted by Crippen LogP contribution is 2.24. The van der Waals surface area contributed by atoms with Crippen LogP contribution in [0.3, 0.4) is 0 Å². The highest BCUT2D eigenvalue weighted by Gasteiger charge is 2.21. The van der Waals surface area contributed by atoms with Crippen LogP contribution in [-0.2, 0) is 0 Å². The summed E-state index contributed by atoms with van der Waals surface area (Å²) < 4.78 is 6.03. The van der Waals surface area contributed by atoms with Crippen LogP contribution in [0.25, 0.3) is 0 Å². The van der Waals surface area contributed by atoms with E-state index in [0.717, 1.165) is 24.2 Å². The molecule has 0 aromatic heterocycles. The number of hydrazone groups is 1. The Balaban J connectivity index is 2.71. The highest BCUT2D eigenvalue weighted by atomic mass is 16.5. The summed E-state index contributed by atoms with van der Waals surface area (Å²) in [5.41, 5.74) is 1.00. The quantitative estimate of drug-likeness (QED) is 0.568. The third-order valence-electron chi connectivity index (χ3n) is 3.18. The summed E-state index contributed by atoms with van der Waals surface area (Å²) in [4.78, 5) is 0. The Kier molecular flexibility index (Phi) is 5.20. The van der Waals surface area contributed by atoms with Gasteiger partial charge in [0.15, 0.2) is 0 Å². The fourth-order valence-corrected chi connectivity index (χ4v) is 1.48. The molecule has 0 aliphatic rings. The molecule has 0 fully saturated rings. The molecular formula is C15H24N2O. The lowest BCUT2D eigenvalue weighted by molar-refractivity contribution is 0.0803. The molecule has 0 N–H and O–H groups in total. The third kappa shape index (κ3) is 4.40. The van der Waals surface area contributed by atoms with Gasteiger partial charge in [-0.05, 0) is 49.6 Å². The van der Waals surface area contributed by atoms with Crippen molar-refractivity contribution < 1.29 is 4.74 Å². The zero-order valence-corrected chi connectivity index (χ0v) is 12.1. The van der Waals surface area contributed by atoms with Crippen LogP contribution in [0.4, 0.5) is 0 Å². The second-order valence-electron chi connectivity index (χ2n) is 4.92. The van der Waals surface area contributed by atoms with Crippen LogP contribution in [0.5, 0.6) is 5.75 Å². The molecule has 0 heterocycles. The van der Waals surface area contributed by atoms with Gasteiger partial charge in [0, 0.05) is 14.1 Å². The van der Waals surface area contributed by atoms with E-state index in [1.807, 2.05) is 44.6 Å². The number of rotatable bonds is 6. The van der Waals surface area contributed by atoms with Gasteiger partial charge < -0.3 is 9.75 Å². The Bertz CT molecular complexity index is 378. The van der Waals surface area contributed by atoms with Gasteiger partial charge in [-0.3, -0.25) is 0 Å². The van der Waals surface area contributed by atoms with Crippen molar-refractivity contribution in [2.75, 3.05) is 14.1 Å². The zero-order chi connectivity index (χ0) is 13.6. The molecule has 1 aromatic rings. The van der Waals surface area contributed by atoms with Crippen molar-refractivity contribution in [1.82, 2.24) is 5.01 Å². The van der Waals surface area contributed by atoms with E-state index in [9.17, 15) is 0 Å². The molecule has 1 rings (SSSR count). The molecule has 0 saturated heterocycles. The first-order valence-electron chi connectivity index (χ1n) is 6.49. The fraction of sp³-hybridized carbons (Fsp3) is 0.533. The molecule has 0 aliphatic carbocycles. The van der Waals surface area contributed by atoms with E-state index < -0.39 is 0 Å². The summed E-state index contributed by atoms with van der Waals surface area (Å²) in [5, 5.41) is 5.97. The van der Waals surface area contributed by atoms with Crippen molar-refractivity contribution in [3.05, 3.63) is 29.8 Å². The number of hydrogen-bond acceptors (Lipinski definition) is 3. The molecule has 100 valence electrons. The molecular weight excluding hydrogens is 224 g/mol. The Morgan fingerprint density at radius 3 is 2.17 bits per heavy atom. The SMILES string of the molecule is CCC(C)(CC)Oc1ccc(C=NN(C)C)cc1. The first-order valence-corrected chi connectivity index (χ1v) is 6.49. The topological polar surface area (TPSA) is 24.8 Å². The Morgan fingerprint density at radius 2 is 1.72 bits per heavy atom. The van der Waals surface area contributed by atoms with Crippen LogP contribution in [0, 0.1) is 0 Å². The molecule has 0 amide bonds. The normalized spacial score (nSPS) is 11.8. The Morgan fingerprint density at radius 1 is 1.17 bits per heavy atom. The van der Waals surface area contributed by atoms with Crippen molar-refractivity contribution >= 4 is 6.21 Å². The summed E-state index contributed by atoms with van der Waals surface area (Å²) in [5.74, 6) is 0.920. The van der Waals surface area contributed by atoms with Gasteiger partial charge in [-0.15, -0.1) is 0 Å². The maximum Gasteiger partial charge on any atom is 0.120 e. The Hall–Kier alpha value is -1.51.